The summed E-state index contributed by atoms with van der Waals surface area (Å²) in [6, 6.07) is 20.4. The number of amides is 2. The molecule has 0 spiro atoms. The molecule has 2 N–H and O–H groups in total. The first-order chi connectivity index (χ1) is 13.3. The third-order valence-corrected chi connectivity index (χ3v) is 5.28. The molecule has 1 fully saturated rings. The maximum Gasteiger partial charge on any atom is 0.315 e. The van der Waals surface area contributed by atoms with E-state index in [1.807, 2.05) is 41.2 Å². The molecule has 138 valence electrons. The first kappa shape index (κ1) is 17.3. The minimum absolute atomic E-state index is 0.119. The molecule has 5 heteroatoms. The van der Waals surface area contributed by atoms with Gasteiger partial charge in [0, 0.05) is 30.9 Å². The number of carbonyl (C=O) groups excluding carboxylic acids is 1. The van der Waals surface area contributed by atoms with Crippen molar-refractivity contribution in [3.63, 3.8) is 0 Å². The zero-order valence-electron chi connectivity index (χ0n) is 15.3. The summed E-state index contributed by atoms with van der Waals surface area (Å²) >= 11 is 0. The largest absolute Gasteiger partial charge is 0.337 e. The molecule has 0 unspecified atom stereocenters. The third-order valence-electron chi connectivity index (χ3n) is 5.28. The van der Waals surface area contributed by atoms with Crippen LogP contribution in [-0.4, -0.2) is 22.4 Å². The molecule has 4 rings (SSSR count). The molecule has 1 heterocycles. The van der Waals surface area contributed by atoms with Crippen LogP contribution >= 0.6 is 0 Å². The molecule has 0 saturated heterocycles. The highest BCUT2D eigenvalue weighted by Gasteiger charge is 2.44. The van der Waals surface area contributed by atoms with Crippen LogP contribution in [0, 0.1) is 0 Å². The highest BCUT2D eigenvalue weighted by atomic mass is 16.2. The molecule has 5 nitrogen and oxygen atoms in total. The molecule has 2 amide bonds. The van der Waals surface area contributed by atoms with Crippen molar-refractivity contribution >= 4 is 6.03 Å². The standard InChI is InChI=1S/C22H24N4O/c27-21(24-17-22(11-12-22)20-9-2-1-3-10-20)23-15-18-7-4-5-8-19(18)16-26-14-6-13-25-26/h1-10,13-14H,11-12,15-17H2,(H2,23,24,27). The number of urea groups is 1. The summed E-state index contributed by atoms with van der Waals surface area (Å²) in [4.78, 5) is 12.3. The fraction of sp³-hybridized carbons (Fsp3) is 0.273. The summed E-state index contributed by atoms with van der Waals surface area (Å²) in [6.07, 6.45) is 5.97. The second-order valence-corrected chi connectivity index (χ2v) is 7.15. The zero-order valence-corrected chi connectivity index (χ0v) is 15.3. The Morgan fingerprint density at radius 2 is 1.70 bits per heavy atom. The van der Waals surface area contributed by atoms with Crippen LogP contribution in [0.15, 0.2) is 73.1 Å². The lowest BCUT2D eigenvalue weighted by Gasteiger charge is -2.17. The predicted molar refractivity (Wildman–Crippen MR) is 105 cm³/mol. The number of nitrogens with one attached hydrogen (secondary N) is 2. The van der Waals surface area contributed by atoms with Crippen LogP contribution in [0.5, 0.6) is 0 Å². The highest BCUT2D eigenvalue weighted by molar-refractivity contribution is 5.74. The van der Waals surface area contributed by atoms with Crippen LogP contribution in [-0.2, 0) is 18.5 Å². The Labute approximate surface area is 159 Å². The molecule has 3 aromatic rings. The second kappa shape index (κ2) is 7.66. The van der Waals surface area contributed by atoms with E-state index in [-0.39, 0.29) is 11.4 Å². The zero-order chi connectivity index (χ0) is 18.5. The summed E-state index contributed by atoms with van der Waals surface area (Å²) < 4.78 is 1.88. The van der Waals surface area contributed by atoms with Gasteiger partial charge in [-0.25, -0.2) is 4.79 Å². The second-order valence-electron chi connectivity index (χ2n) is 7.15. The minimum atomic E-state index is -0.119. The van der Waals surface area contributed by atoms with Crippen LogP contribution < -0.4 is 10.6 Å². The Morgan fingerprint density at radius 1 is 0.963 bits per heavy atom. The Kier molecular flexibility index (Phi) is 4.92. The molecule has 1 aliphatic carbocycles. The van der Waals surface area contributed by atoms with Gasteiger partial charge in [-0.2, -0.15) is 5.10 Å². The van der Waals surface area contributed by atoms with E-state index in [1.165, 1.54) is 5.56 Å². The summed E-state index contributed by atoms with van der Waals surface area (Å²) in [6.45, 7) is 1.88. The maximum absolute atomic E-state index is 12.3. The molecule has 0 radical (unpaired) electrons. The van der Waals surface area contributed by atoms with Gasteiger partial charge in [-0.05, 0) is 35.6 Å². The number of hydrogen-bond donors (Lipinski definition) is 2. The average molecular weight is 360 g/mol. The van der Waals surface area contributed by atoms with E-state index in [0.29, 0.717) is 19.6 Å². The number of nitrogens with zero attached hydrogens (tertiary/aromatic N) is 2. The van der Waals surface area contributed by atoms with E-state index in [4.69, 9.17) is 0 Å². The van der Waals surface area contributed by atoms with Crippen LogP contribution in [0.2, 0.25) is 0 Å². The van der Waals surface area contributed by atoms with E-state index < -0.39 is 0 Å². The maximum atomic E-state index is 12.3. The lowest BCUT2D eigenvalue weighted by atomic mass is 9.96. The molecular formula is C22H24N4O. The molecule has 0 atom stereocenters. The number of aromatic nitrogens is 2. The van der Waals surface area contributed by atoms with Crippen molar-refractivity contribution in [3.8, 4) is 0 Å². The Hall–Kier alpha value is -3.08. The molecule has 1 saturated carbocycles. The fourth-order valence-electron chi connectivity index (χ4n) is 3.45. The normalized spacial score (nSPS) is 14.5. The monoisotopic (exact) mass is 360 g/mol. The first-order valence-electron chi connectivity index (χ1n) is 9.37. The van der Waals surface area contributed by atoms with Gasteiger partial charge in [0.15, 0.2) is 0 Å². The summed E-state index contributed by atoms with van der Waals surface area (Å²) in [5, 5.41) is 10.3. The van der Waals surface area contributed by atoms with Gasteiger partial charge in [0.2, 0.25) is 0 Å². The minimum Gasteiger partial charge on any atom is -0.337 e. The summed E-state index contributed by atoms with van der Waals surface area (Å²) in [5.41, 5.74) is 3.70. The smallest absolute Gasteiger partial charge is 0.315 e. The average Bonchev–Trinajstić information content (AvgIpc) is 3.34. The van der Waals surface area contributed by atoms with Gasteiger partial charge >= 0.3 is 6.03 Å². The van der Waals surface area contributed by atoms with Gasteiger partial charge in [-0.15, -0.1) is 0 Å². The lowest BCUT2D eigenvalue weighted by Crippen LogP contribution is -2.39. The van der Waals surface area contributed by atoms with Crippen molar-refractivity contribution in [2.24, 2.45) is 0 Å². The molecule has 0 bridgehead atoms. The Morgan fingerprint density at radius 3 is 2.41 bits per heavy atom. The fourth-order valence-corrected chi connectivity index (χ4v) is 3.45. The molecule has 0 aliphatic heterocycles. The quantitative estimate of drug-likeness (QED) is 0.678. The first-order valence-corrected chi connectivity index (χ1v) is 9.37. The van der Waals surface area contributed by atoms with Crippen molar-refractivity contribution in [1.29, 1.82) is 0 Å². The number of benzene rings is 2. The van der Waals surface area contributed by atoms with Crippen molar-refractivity contribution < 1.29 is 4.79 Å². The predicted octanol–water partition coefficient (Wildman–Crippen LogP) is 3.46. The molecule has 27 heavy (non-hydrogen) atoms. The van der Waals surface area contributed by atoms with E-state index in [9.17, 15) is 4.79 Å². The number of hydrogen-bond acceptors (Lipinski definition) is 2. The van der Waals surface area contributed by atoms with Crippen molar-refractivity contribution in [1.82, 2.24) is 20.4 Å². The van der Waals surface area contributed by atoms with E-state index in [2.05, 4.69) is 46.1 Å². The van der Waals surface area contributed by atoms with Gasteiger partial charge in [-0.1, -0.05) is 54.6 Å². The summed E-state index contributed by atoms with van der Waals surface area (Å²) in [5.74, 6) is 0. The van der Waals surface area contributed by atoms with Crippen LogP contribution in [0.4, 0.5) is 4.79 Å². The highest BCUT2D eigenvalue weighted by Crippen LogP contribution is 2.47. The molecule has 2 aromatic carbocycles. The molecule has 1 aromatic heterocycles. The SMILES string of the molecule is O=C(NCc1ccccc1Cn1cccn1)NCC1(c2ccccc2)CC1. The lowest BCUT2D eigenvalue weighted by molar-refractivity contribution is 0.239. The molecule has 1 aliphatic rings. The third kappa shape index (κ3) is 4.19. The topological polar surface area (TPSA) is 59.0 Å². The van der Waals surface area contributed by atoms with E-state index in [0.717, 1.165) is 24.0 Å². The van der Waals surface area contributed by atoms with Gasteiger partial charge < -0.3 is 10.6 Å². The Balaban J connectivity index is 1.31. The number of rotatable bonds is 7. The van der Waals surface area contributed by atoms with E-state index in [1.54, 1.807) is 6.20 Å². The molecular weight excluding hydrogens is 336 g/mol. The Bertz CT molecular complexity index is 886. The van der Waals surface area contributed by atoms with Crippen molar-refractivity contribution in [2.75, 3.05) is 6.54 Å². The van der Waals surface area contributed by atoms with Gasteiger partial charge in [0.25, 0.3) is 0 Å². The van der Waals surface area contributed by atoms with Gasteiger partial charge in [0.05, 0.1) is 6.54 Å². The van der Waals surface area contributed by atoms with E-state index >= 15 is 0 Å². The van der Waals surface area contributed by atoms with Crippen LogP contribution in [0.25, 0.3) is 0 Å². The van der Waals surface area contributed by atoms with Crippen LogP contribution in [0.3, 0.4) is 0 Å². The number of carbonyl (C=O) groups is 1. The van der Waals surface area contributed by atoms with Gasteiger partial charge in [-0.3, -0.25) is 4.68 Å². The summed E-state index contributed by atoms with van der Waals surface area (Å²) in [7, 11) is 0. The van der Waals surface area contributed by atoms with Crippen LogP contribution in [0.1, 0.15) is 29.5 Å². The van der Waals surface area contributed by atoms with Crippen molar-refractivity contribution in [3.05, 3.63) is 89.7 Å². The van der Waals surface area contributed by atoms with Crippen molar-refractivity contribution in [2.45, 2.75) is 31.3 Å². The van der Waals surface area contributed by atoms with Gasteiger partial charge in [0.1, 0.15) is 0 Å².